The molecule has 5 aromatic rings. The quantitative estimate of drug-likeness (QED) is 0.241. The van der Waals surface area contributed by atoms with Crippen molar-refractivity contribution in [3.8, 4) is 0 Å². The number of thiazole rings is 1. The summed E-state index contributed by atoms with van der Waals surface area (Å²) in [5.74, 6) is 0. The minimum absolute atomic E-state index is 0.0714. The summed E-state index contributed by atoms with van der Waals surface area (Å²) in [5.41, 5.74) is 5.09. The first-order valence-corrected chi connectivity index (χ1v) is 12.4. The van der Waals surface area contributed by atoms with Crippen molar-refractivity contribution < 1.29 is 0 Å². The monoisotopic (exact) mass is 473 g/mol. The van der Waals surface area contributed by atoms with E-state index in [4.69, 9.17) is 10.1 Å². The second-order valence-electron chi connectivity index (χ2n) is 8.51. The number of benzene rings is 4. The maximum absolute atomic E-state index is 5.09. The van der Waals surface area contributed by atoms with Crippen LogP contribution in [0.2, 0.25) is 0 Å². The maximum atomic E-state index is 5.09. The molecule has 35 heavy (non-hydrogen) atoms. The third-order valence-electron chi connectivity index (χ3n) is 6.15. The lowest BCUT2D eigenvalue weighted by molar-refractivity contribution is 0.705. The lowest BCUT2D eigenvalue weighted by atomic mass is 9.97. The standard InChI is InChI=1S/C29H23N5S/c1-20-28(32-31-25-14-6-3-7-15-25)35-29(30-20)34-27(22-11-4-2-5-12-22)19-26(33-34)24-17-16-21-10-8-9-13-23(21)18-24/h2-18,27H,19H2,1H3. The van der Waals surface area contributed by atoms with Gasteiger partial charge in [-0.05, 0) is 47.0 Å². The fraction of sp³-hybridized carbons (Fsp3) is 0.103. The molecule has 1 aliphatic rings. The molecule has 170 valence electrons. The molecule has 5 nitrogen and oxygen atoms in total. The highest BCUT2D eigenvalue weighted by atomic mass is 32.1. The number of azo groups is 1. The molecular formula is C29H23N5S. The first-order valence-electron chi connectivity index (χ1n) is 11.6. The van der Waals surface area contributed by atoms with Gasteiger partial charge in [-0.3, -0.25) is 0 Å². The molecule has 0 aliphatic carbocycles. The minimum atomic E-state index is 0.0714. The summed E-state index contributed by atoms with van der Waals surface area (Å²) >= 11 is 1.52. The number of anilines is 1. The van der Waals surface area contributed by atoms with Gasteiger partial charge in [0, 0.05) is 6.42 Å². The molecule has 6 rings (SSSR count). The second-order valence-corrected chi connectivity index (χ2v) is 9.46. The van der Waals surface area contributed by atoms with Crippen molar-refractivity contribution in [1.29, 1.82) is 0 Å². The highest BCUT2D eigenvalue weighted by molar-refractivity contribution is 7.19. The molecule has 6 heteroatoms. The predicted molar refractivity (Wildman–Crippen MR) is 144 cm³/mol. The molecule has 0 N–H and O–H groups in total. The Labute approximate surface area is 208 Å². The van der Waals surface area contributed by atoms with Gasteiger partial charge in [0.25, 0.3) is 0 Å². The molecule has 0 amide bonds. The fourth-order valence-electron chi connectivity index (χ4n) is 4.33. The number of nitrogens with zero attached hydrogens (tertiary/aromatic N) is 5. The summed E-state index contributed by atoms with van der Waals surface area (Å²) in [5, 5.41) is 20.1. The predicted octanol–water partition coefficient (Wildman–Crippen LogP) is 8.38. The van der Waals surface area contributed by atoms with Crippen molar-refractivity contribution in [2.45, 2.75) is 19.4 Å². The van der Waals surface area contributed by atoms with E-state index in [1.54, 1.807) is 0 Å². The Morgan fingerprint density at radius 2 is 1.51 bits per heavy atom. The Morgan fingerprint density at radius 1 is 0.800 bits per heavy atom. The van der Waals surface area contributed by atoms with E-state index in [1.807, 2.05) is 43.3 Å². The lowest BCUT2D eigenvalue weighted by Gasteiger charge is -2.21. The summed E-state index contributed by atoms with van der Waals surface area (Å²) in [6.45, 7) is 1.97. The van der Waals surface area contributed by atoms with E-state index in [2.05, 4.69) is 82.0 Å². The average molecular weight is 474 g/mol. The molecule has 4 aromatic carbocycles. The van der Waals surface area contributed by atoms with Crippen LogP contribution in [0.5, 0.6) is 0 Å². The molecule has 0 fully saturated rings. The molecule has 1 unspecified atom stereocenters. The number of hydrazone groups is 1. The molecule has 1 aliphatic heterocycles. The van der Waals surface area contributed by atoms with E-state index in [9.17, 15) is 0 Å². The first-order chi connectivity index (χ1) is 17.2. The highest BCUT2D eigenvalue weighted by Crippen LogP contribution is 2.42. The van der Waals surface area contributed by atoms with Crippen LogP contribution in [0.1, 0.15) is 29.3 Å². The van der Waals surface area contributed by atoms with Gasteiger partial charge in [-0.1, -0.05) is 96.3 Å². The van der Waals surface area contributed by atoms with E-state index in [-0.39, 0.29) is 6.04 Å². The number of rotatable bonds is 5. The van der Waals surface area contributed by atoms with Crippen molar-refractivity contribution in [2.24, 2.45) is 15.3 Å². The molecular weight excluding hydrogens is 450 g/mol. The van der Waals surface area contributed by atoms with E-state index in [1.165, 1.54) is 27.7 Å². The normalized spacial score (nSPS) is 15.7. The summed E-state index contributed by atoms with van der Waals surface area (Å²) < 4.78 is 0. The highest BCUT2D eigenvalue weighted by Gasteiger charge is 2.32. The number of hydrogen-bond acceptors (Lipinski definition) is 6. The van der Waals surface area contributed by atoms with Gasteiger partial charge in [0.15, 0.2) is 5.00 Å². The smallest absolute Gasteiger partial charge is 0.208 e. The number of aryl methyl sites for hydroxylation is 1. The Bertz CT molecular complexity index is 1540. The number of hydrogen-bond donors (Lipinski definition) is 0. The van der Waals surface area contributed by atoms with Gasteiger partial charge in [0.1, 0.15) is 0 Å². The minimum Gasteiger partial charge on any atom is -0.231 e. The molecule has 0 spiro atoms. The molecule has 2 heterocycles. The van der Waals surface area contributed by atoms with Crippen LogP contribution in [-0.4, -0.2) is 10.7 Å². The summed E-state index contributed by atoms with van der Waals surface area (Å²) in [4.78, 5) is 4.84. The third kappa shape index (κ3) is 4.36. The summed E-state index contributed by atoms with van der Waals surface area (Å²) in [7, 11) is 0. The van der Waals surface area contributed by atoms with Crippen molar-refractivity contribution >= 4 is 43.6 Å². The molecule has 1 aromatic heterocycles. The molecule has 0 saturated carbocycles. The van der Waals surface area contributed by atoms with Crippen LogP contribution in [0.25, 0.3) is 10.8 Å². The van der Waals surface area contributed by atoms with Gasteiger partial charge in [0.2, 0.25) is 5.13 Å². The van der Waals surface area contributed by atoms with Gasteiger partial charge in [-0.15, -0.1) is 10.2 Å². The van der Waals surface area contributed by atoms with E-state index in [0.717, 1.165) is 39.2 Å². The Morgan fingerprint density at radius 3 is 2.31 bits per heavy atom. The topological polar surface area (TPSA) is 53.2 Å². The van der Waals surface area contributed by atoms with Gasteiger partial charge >= 0.3 is 0 Å². The molecule has 0 bridgehead atoms. The van der Waals surface area contributed by atoms with Crippen LogP contribution in [0, 0.1) is 6.92 Å². The number of fused-ring (bicyclic) bond motifs is 1. The van der Waals surface area contributed by atoms with Gasteiger partial charge in [-0.25, -0.2) is 9.99 Å². The van der Waals surface area contributed by atoms with Crippen LogP contribution in [0.15, 0.2) is 118 Å². The van der Waals surface area contributed by atoms with E-state index in [0.29, 0.717) is 0 Å². The van der Waals surface area contributed by atoms with E-state index < -0.39 is 0 Å². The lowest BCUT2D eigenvalue weighted by Crippen LogP contribution is -2.18. The van der Waals surface area contributed by atoms with Crippen LogP contribution >= 0.6 is 11.3 Å². The zero-order valence-corrected chi connectivity index (χ0v) is 20.1. The van der Waals surface area contributed by atoms with Crippen LogP contribution < -0.4 is 5.01 Å². The van der Waals surface area contributed by atoms with Crippen molar-refractivity contribution in [3.05, 3.63) is 120 Å². The van der Waals surface area contributed by atoms with Crippen molar-refractivity contribution in [1.82, 2.24) is 4.98 Å². The van der Waals surface area contributed by atoms with Gasteiger partial charge in [0.05, 0.1) is 23.1 Å². The molecule has 0 saturated heterocycles. The Balaban J connectivity index is 1.37. The zero-order chi connectivity index (χ0) is 23.6. The van der Waals surface area contributed by atoms with Crippen molar-refractivity contribution in [2.75, 3.05) is 5.01 Å². The SMILES string of the molecule is Cc1nc(N2N=C(c3ccc4ccccc4c3)CC2c2ccccc2)sc1N=Nc1ccccc1. The third-order valence-corrected chi connectivity index (χ3v) is 7.18. The average Bonchev–Trinajstić information content (AvgIpc) is 3.52. The maximum Gasteiger partial charge on any atom is 0.208 e. The zero-order valence-electron chi connectivity index (χ0n) is 19.2. The molecule has 1 atom stereocenters. The second kappa shape index (κ2) is 9.24. The molecule has 0 radical (unpaired) electrons. The number of aromatic nitrogens is 1. The van der Waals surface area contributed by atoms with Crippen molar-refractivity contribution in [3.63, 3.8) is 0 Å². The van der Waals surface area contributed by atoms with Crippen LogP contribution in [-0.2, 0) is 0 Å². The summed E-state index contributed by atoms with van der Waals surface area (Å²) in [6.07, 6.45) is 0.807. The Hall–Kier alpha value is -4.16. The summed E-state index contributed by atoms with van der Waals surface area (Å²) in [6, 6.07) is 35.3. The van der Waals surface area contributed by atoms with Crippen LogP contribution in [0.4, 0.5) is 15.8 Å². The van der Waals surface area contributed by atoms with Gasteiger partial charge in [-0.2, -0.15) is 5.10 Å². The fourth-order valence-corrected chi connectivity index (χ4v) is 5.22. The van der Waals surface area contributed by atoms with Gasteiger partial charge < -0.3 is 0 Å². The Kier molecular flexibility index (Phi) is 5.64. The largest absolute Gasteiger partial charge is 0.231 e. The van der Waals surface area contributed by atoms with E-state index >= 15 is 0 Å². The first kappa shape index (κ1) is 21.4. The van der Waals surface area contributed by atoms with Crippen LogP contribution in [0.3, 0.4) is 0 Å².